The molecule has 1 aliphatic carbocycles. The molecule has 3 nitrogen and oxygen atoms in total. The Morgan fingerprint density at radius 3 is 2.90 bits per heavy atom. The number of unbranched alkanes of at least 4 members (excludes halogenated alkanes) is 1. The summed E-state index contributed by atoms with van der Waals surface area (Å²) >= 11 is 0. The van der Waals surface area contributed by atoms with Crippen LogP contribution in [0.3, 0.4) is 0 Å². The molecule has 1 aliphatic rings. The van der Waals surface area contributed by atoms with Gasteiger partial charge in [-0.1, -0.05) is 31.6 Å². The van der Waals surface area contributed by atoms with Crippen molar-refractivity contribution in [2.24, 2.45) is 16.6 Å². The third kappa shape index (κ3) is 8.28. The van der Waals surface area contributed by atoms with E-state index >= 15 is 0 Å². The van der Waals surface area contributed by atoms with Gasteiger partial charge in [0.1, 0.15) is 0 Å². The molecule has 3 heteroatoms. The third-order valence-corrected chi connectivity index (χ3v) is 3.45. The molecule has 0 saturated carbocycles. The average Bonchev–Trinajstić information content (AvgIpc) is 2.40. The Hall–Kier alpha value is -0.930. The number of hydrogen-bond donors (Lipinski definition) is 2. The van der Waals surface area contributed by atoms with Crippen LogP contribution < -0.4 is 11.1 Å². The first-order valence-electron chi connectivity index (χ1n) is 7.89. The number of nitrogens with one attached hydrogen (secondary N) is 1. The zero-order valence-electron chi connectivity index (χ0n) is 13.4. The van der Waals surface area contributed by atoms with E-state index in [4.69, 9.17) is 5.73 Å². The molecule has 1 atom stereocenters. The van der Waals surface area contributed by atoms with E-state index in [1.165, 1.54) is 18.4 Å². The summed E-state index contributed by atoms with van der Waals surface area (Å²) < 4.78 is 0. The smallest absolute Gasteiger partial charge is 0.0389 e. The van der Waals surface area contributed by atoms with E-state index in [1.54, 1.807) is 0 Å². The van der Waals surface area contributed by atoms with E-state index in [0.29, 0.717) is 5.92 Å². The van der Waals surface area contributed by atoms with Gasteiger partial charge >= 0.3 is 0 Å². The lowest BCUT2D eigenvalue weighted by molar-refractivity contribution is 0.443. The summed E-state index contributed by atoms with van der Waals surface area (Å²) in [6.45, 7) is 9.30. The fourth-order valence-corrected chi connectivity index (χ4v) is 2.05. The van der Waals surface area contributed by atoms with Gasteiger partial charge in [-0.2, -0.15) is 0 Å². The average molecular weight is 277 g/mol. The van der Waals surface area contributed by atoms with Crippen LogP contribution in [0.15, 0.2) is 28.8 Å². The molecule has 0 radical (unpaired) electrons. The SMILES string of the molecule is CCCCN=CC1=CCC(CNCCC(C)(C)N)C=C1. The summed E-state index contributed by atoms with van der Waals surface area (Å²) in [5.74, 6) is 0.601. The quantitative estimate of drug-likeness (QED) is 0.502. The lowest BCUT2D eigenvalue weighted by atomic mass is 9.96. The van der Waals surface area contributed by atoms with Gasteiger partial charge in [-0.25, -0.2) is 0 Å². The van der Waals surface area contributed by atoms with Crippen LogP contribution in [0.5, 0.6) is 0 Å². The molecule has 0 aromatic rings. The Morgan fingerprint density at radius 1 is 1.50 bits per heavy atom. The van der Waals surface area contributed by atoms with Crippen LogP contribution in [0, 0.1) is 5.92 Å². The number of nitrogens with two attached hydrogens (primary N) is 1. The highest BCUT2D eigenvalue weighted by atomic mass is 14.9. The van der Waals surface area contributed by atoms with Gasteiger partial charge in [-0.05, 0) is 51.1 Å². The molecule has 0 spiro atoms. The molecule has 0 aliphatic heterocycles. The van der Waals surface area contributed by atoms with Crippen molar-refractivity contribution in [2.45, 2.75) is 52.0 Å². The minimum absolute atomic E-state index is 0.0720. The number of allylic oxidation sites excluding steroid dienone is 3. The standard InChI is InChI=1S/C17H31N3/c1-4-5-11-19-13-15-6-8-16(9-7-15)14-20-12-10-17(2,3)18/h6-8,13,16,20H,4-5,9-12,14,18H2,1-3H3. The predicted octanol–water partition coefficient (Wildman–Crippen LogP) is 3.08. The fraction of sp³-hybridized carbons (Fsp3) is 0.706. The van der Waals surface area contributed by atoms with Crippen LogP contribution in [0.25, 0.3) is 0 Å². The Bertz CT molecular complexity index is 348. The molecule has 20 heavy (non-hydrogen) atoms. The second-order valence-electron chi connectivity index (χ2n) is 6.39. The third-order valence-electron chi connectivity index (χ3n) is 3.45. The molecular weight excluding hydrogens is 246 g/mol. The maximum Gasteiger partial charge on any atom is 0.0389 e. The normalized spacial score (nSPS) is 19.6. The second-order valence-corrected chi connectivity index (χ2v) is 6.39. The van der Waals surface area contributed by atoms with E-state index < -0.39 is 0 Å². The molecule has 0 bridgehead atoms. The summed E-state index contributed by atoms with van der Waals surface area (Å²) in [5.41, 5.74) is 7.14. The lowest BCUT2D eigenvalue weighted by Crippen LogP contribution is -2.36. The molecule has 0 heterocycles. The van der Waals surface area contributed by atoms with Gasteiger partial charge in [-0.3, -0.25) is 4.99 Å². The Labute approximate surface area is 124 Å². The molecule has 3 N–H and O–H groups in total. The maximum absolute atomic E-state index is 5.96. The number of aliphatic imine (C=N–C) groups is 1. The van der Waals surface area contributed by atoms with Crippen LogP contribution in [0.4, 0.5) is 0 Å². The first-order chi connectivity index (χ1) is 9.51. The van der Waals surface area contributed by atoms with Crippen molar-refractivity contribution in [3.63, 3.8) is 0 Å². The van der Waals surface area contributed by atoms with Crippen molar-refractivity contribution < 1.29 is 0 Å². The molecule has 1 rings (SSSR count). The summed E-state index contributed by atoms with van der Waals surface area (Å²) in [5, 5.41) is 3.49. The maximum atomic E-state index is 5.96. The summed E-state index contributed by atoms with van der Waals surface area (Å²) in [4.78, 5) is 4.44. The van der Waals surface area contributed by atoms with Crippen molar-refractivity contribution in [1.29, 1.82) is 0 Å². The molecular formula is C17H31N3. The Morgan fingerprint density at radius 2 is 2.30 bits per heavy atom. The number of nitrogens with zero attached hydrogens (tertiary/aromatic N) is 1. The van der Waals surface area contributed by atoms with Crippen LogP contribution in [0.2, 0.25) is 0 Å². The summed E-state index contributed by atoms with van der Waals surface area (Å²) in [7, 11) is 0. The molecule has 0 amide bonds. The van der Waals surface area contributed by atoms with Crippen LogP contribution in [0.1, 0.15) is 46.5 Å². The van der Waals surface area contributed by atoms with Crippen LogP contribution in [-0.2, 0) is 0 Å². The molecule has 0 aromatic carbocycles. The molecule has 1 unspecified atom stereocenters. The highest BCUT2D eigenvalue weighted by molar-refractivity contribution is 5.82. The van der Waals surface area contributed by atoms with E-state index in [9.17, 15) is 0 Å². The summed E-state index contributed by atoms with van der Waals surface area (Å²) in [6.07, 6.45) is 13.3. The van der Waals surface area contributed by atoms with Crippen molar-refractivity contribution >= 4 is 6.21 Å². The van der Waals surface area contributed by atoms with E-state index in [1.807, 2.05) is 6.21 Å². The van der Waals surface area contributed by atoms with Gasteiger partial charge in [0, 0.05) is 24.8 Å². The number of rotatable bonds is 9. The molecule has 0 aromatic heterocycles. The first-order valence-corrected chi connectivity index (χ1v) is 7.89. The fourth-order valence-electron chi connectivity index (χ4n) is 2.05. The van der Waals surface area contributed by atoms with Gasteiger partial charge < -0.3 is 11.1 Å². The highest BCUT2D eigenvalue weighted by Crippen LogP contribution is 2.14. The predicted molar refractivity (Wildman–Crippen MR) is 89.4 cm³/mol. The zero-order chi connectivity index (χ0) is 14.8. The minimum Gasteiger partial charge on any atom is -0.326 e. The lowest BCUT2D eigenvalue weighted by Gasteiger charge is -2.20. The van der Waals surface area contributed by atoms with Gasteiger partial charge in [0.15, 0.2) is 0 Å². The van der Waals surface area contributed by atoms with Crippen LogP contribution in [-0.4, -0.2) is 31.4 Å². The molecule has 114 valence electrons. The first kappa shape index (κ1) is 17.1. The molecule has 0 fully saturated rings. The van der Waals surface area contributed by atoms with Crippen molar-refractivity contribution in [1.82, 2.24) is 5.32 Å². The monoisotopic (exact) mass is 277 g/mol. The topological polar surface area (TPSA) is 50.4 Å². The van der Waals surface area contributed by atoms with E-state index in [-0.39, 0.29) is 5.54 Å². The highest BCUT2D eigenvalue weighted by Gasteiger charge is 2.11. The van der Waals surface area contributed by atoms with Gasteiger partial charge in [0.25, 0.3) is 0 Å². The zero-order valence-corrected chi connectivity index (χ0v) is 13.4. The molecule has 0 saturated heterocycles. The summed E-state index contributed by atoms with van der Waals surface area (Å²) in [6, 6.07) is 0. The van der Waals surface area contributed by atoms with Crippen molar-refractivity contribution in [3.05, 3.63) is 23.8 Å². The van der Waals surface area contributed by atoms with E-state index in [0.717, 1.165) is 32.5 Å². The van der Waals surface area contributed by atoms with Crippen molar-refractivity contribution in [2.75, 3.05) is 19.6 Å². The van der Waals surface area contributed by atoms with Gasteiger partial charge in [-0.15, -0.1) is 0 Å². The second kappa shape index (κ2) is 9.09. The van der Waals surface area contributed by atoms with Gasteiger partial charge in [0.2, 0.25) is 0 Å². The number of hydrogen-bond acceptors (Lipinski definition) is 3. The van der Waals surface area contributed by atoms with Gasteiger partial charge in [0.05, 0.1) is 0 Å². The van der Waals surface area contributed by atoms with Crippen LogP contribution >= 0.6 is 0 Å². The largest absolute Gasteiger partial charge is 0.326 e. The van der Waals surface area contributed by atoms with Crippen molar-refractivity contribution in [3.8, 4) is 0 Å². The minimum atomic E-state index is -0.0720. The van der Waals surface area contributed by atoms with E-state index in [2.05, 4.69) is 49.3 Å². The Kier molecular flexibility index (Phi) is 7.78. The Balaban J connectivity index is 2.17.